The van der Waals surface area contributed by atoms with Gasteiger partial charge in [-0.25, -0.2) is 4.68 Å². The normalized spacial score (nSPS) is 11.8. The predicted molar refractivity (Wildman–Crippen MR) is 53.2 cm³/mol. The molecule has 0 bridgehead atoms. The van der Waals surface area contributed by atoms with Crippen molar-refractivity contribution in [1.82, 2.24) is 24.8 Å². The standard InChI is InChI=1S/C9H8F3N5O/c1-5-7(4-16(2)14-5)17-3-6(13-15-17)8(18)9(10,11)12/h3-4H,1-2H3. The molecule has 0 aliphatic rings. The summed E-state index contributed by atoms with van der Waals surface area (Å²) in [6.07, 6.45) is -2.46. The molecular formula is C9H8F3N5O. The first-order valence-corrected chi connectivity index (χ1v) is 4.83. The van der Waals surface area contributed by atoms with Crippen LogP contribution in [0.3, 0.4) is 0 Å². The SMILES string of the molecule is Cc1nn(C)cc1-n1cc(C(=O)C(F)(F)F)nn1. The summed E-state index contributed by atoms with van der Waals surface area (Å²) in [7, 11) is 1.66. The van der Waals surface area contributed by atoms with Gasteiger partial charge in [-0.1, -0.05) is 5.21 Å². The van der Waals surface area contributed by atoms with Crippen LogP contribution in [0.5, 0.6) is 0 Å². The zero-order valence-electron chi connectivity index (χ0n) is 9.43. The molecule has 9 heteroatoms. The van der Waals surface area contributed by atoms with E-state index in [1.807, 2.05) is 0 Å². The lowest BCUT2D eigenvalue weighted by Crippen LogP contribution is -2.23. The van der Waals surface area contributed by atoms with Crippen LogP contribution in [0.2, 0.25) is 0 Å². The molecule has 0 aliphatic heterocycles. The summed E-state index contributed by atoms with van der Waals surface area (Å²) in [5, 5.41) is 10.7. The first-order valence-electron chi connectivity index (χ1n) is 4.83. The Kier molecular flexibility index (Phi) is 2.68. The molecule has 0 spiro atoms. The number of ketones is 1. The molecule has 0 aromatic carbocycles. The van der Waals surface area contributed by atoms with Gasteiger partial charge in [0.1, 0.15) is 5.69 Å². The molecule has 0 atom stereocenters. The summed E-state index contributed by atoms with van der Waals surface area (Å²) in [5.74, 6) is -2.02. The number of hydrogen-bond donors (Lipinski definition) is 0. The average Bonchev–Trinajstić information content (AvgIpc) is 2.82. The van der Waals surface area contributed by atoms with Gasteiger partial charge >= 0.3 is 6.18 Å². The van der Waals surface area contributed by atoms with Crippen molar-refractivity contribution in [2.45, 2.75) is 13.1 Å². The van der Waals surface area contributed by atoms with Gasteiger partial charge in [0.05, 0.1) is 18.1 Å². The Balaban J connectivity index is 2.37. The maximum absolute atomic E-state index is 12.2. The number of rotatable bonds is 2. The number of aromatic nitrogens is 5. The maximum Gasteiger partial charge on any atom is 0.456 e. The highest BCUT2D eigenvalue weighted by molar-refractivity contribution is 5.98. The number of halogens is 3. The van der Waals surface area contributed by atoms with Gasteiger partial charge in [0.25, 0.3) is 5.78 Å². The molecule has 2 rings (SSSR count). The molecule has 2 aromatic heterocycles. The number of carbonyl (C=O) groups excluding carboxylic acids is 1. The lowest BCUT2D eigenvalue weighted by atomic mass is 10.3. The van der Waals surface area contributed by atoms with Crippen molar-refractivity contribution >= 4 is 5.78 Å². The molecule has 0 fully saturated rings. The highest BCUT2D eigenvalue weighted by atomic mass is 19.4. The summed E-state index contributed by atoms with van der Waals surface area (Å²) in [5.41, 5.74) is 0.283. The van der Waals surface area contributed by atoms with Crippen molar-refractivity contribution in [2.24, 2.45) is 7.05 Å². The van der Waals surface area contributed by atoms with E-state index in [0.29, 0.717) is 11.4 Å². The molecule has 0 aliphatic carbocycles. The van der Waals surface area contributed by atoms with Crippen molar-refractivity contribution in [2.75, 3.05) is 0 Å². The molecule has 0 saturated heterocycles. The molecule has 6 nitrogen and oxygen atoms in total. The quantitative estimate of drug-likeness (QED) is 0.756. The van der Waals surface area contributed by atoms with Gasteiger partial charge in [-0.2, -0.15) is 18.3 Å². The molecule has 96 valence electrons. The van der Waals surface area contributed by atoms with Crippen LogP contribution in [-0.2, 0) is 7.05 Å². The van der Waals surface area contributed by atoms with Crippen LogP contribution in [-0.4, -0.2) is 36.7 Å². The van der Waals surface area contributed by atoms with Crippen LogP contribution in [0.1, 0.15) is 16.2 Å². The van der Waals surface area contributed by atoms with Crippen LogP contribution in [0.15, 0.2) is 12.4 Å². The van der Waals surface area contributed by atoms with Crippen molar-refractivity contribution in [1.29, 1.82) is 0 Å². The van der Waals surface area contributed by atoms with E-state index in [9.17, 15) is 18.0 Å². The number of nitrogens with zero attached hydrogens (tertiary/aromatic N) is 5. The molecule has 18 heavy (non-hydrogen) atoms. The number of Topliss-reactive ketones (excluding diaryl/α,β-unsaturated/α-hetero) is 1. The second-order valence-corrected chi connectivity index (χ2v) is 3.65. The highest BCUT2D eigenvalue weighted by Gasteiger charge is 2.41. The van der Waals surface area contributed by atoms with Gasteiger partial charge < -0.3 is 0 Å². The van der Waals surface area contributed by atoms with E-state index in [0.717, 1.165) is 10.9 Å². The summed E-state index contributed by atoms with van der Waals surface area (Å²) < 4.78 is 39.1. The van der Waals surface area contributed by atoms with Gasteiger partial charge in [-0.15, -0.1) is 5.10 Å². The monoisotopic (exact) mass is 259 g/mol. The third kappa shape index (κ3) is 2.11. The molecular weight excluding hydrogens is 251 g/mol. The van der Waals surface area contributed by atoms with E-state index in [2.05, 4.69) is 15.4 Å². The van der Waals surface area contributed by atoms with Gasteiger partial charge in [0, 0.05) is 7.05 Å². The van der Waals surface area contributed by atoms with Gasteiger partial charge in [0.15, 0.2) is 5.69 Å². The Morgan fingerprint density at radius 2 is 2.00 bits per heavy atom. The third-order valence-corrected chi connectivity index (χ3v) is 2.22. The minimum Gasteiger partial charge on any atom is -0.282 e. The molecule has 2 heterocycles. The lowest BCUT2D eigenvalue weighted by molar-refractivity contribution is -0.0888. The number of hydrogen-bond acceptors (Lipinski definition) is 4. The van der Waals surface area contributed by atoms with Gasteiger partial charge in [-0.05, 0) is 6.92 Å². The maximum atomic E-state index is 12.2. The predicted octanol–water partition coefficient (Wildman–Crippen LogP) is 1.05. The molecule has 0 saturated carbocycles. The second kappa shape index (κ2) is 3.93. The number of carbonyl (C=O) groups is 1. The van der Waals surface area contributed by atoms with Crippen LogP contribution < -0.4 is 0 Å². The topological polar surface area (TPSA) is 65.6 Å². The van der Waals surface area contributed by atoms with Crippen LogP contribution in [0.4, 0.5) is 13.2 Å². The summed E-state index contributed by atoms with van der Waals surface area (Å²) in [6, 6.07) is 0. The van der Waals surface area contributed by atoms with Crippen molar-refractivity contribution in [3.05, 3.63) is 23.8 Å². The molecule has 2 aromatic rings. The van der Waals surface area contributed by atoms with Crippen molar-refractivity contribution < 1.29 is 18.0 Å². The van der Waals surface area contributed by atoms with Crippen molar-refractivity contribution in [3.63, 3.8) is 0 Å². The molecule has 0 N–H and O–H groups in total. The summed E-state index contributed by atoms with van der Waals surface area (Å²) >= 11 is 0. The zero-order valence-corrected chi connectivity index (χ0v) is 9.43. The fraction of sp³-hybridized carbons (Fsp3) is 0.333. The fourth-order valence-electron chi connectivity index (χ4n) is 1.44. The van der Waals surface area contributed by atoms with Gasteiger partial charge in [0.2, 0.25) is 0 Å². The highest BCUT2D eigenvalue weighted by Crippen LogP contribution is 2.20. The average molecular weight is 259 g/mol. The van der Waals surface area contributed by atoms with Crippen LogP contribution in [0.25, 0.3) is 5.69 Å². The largest absolute Gasteiger partial charge is 0.456 e. The van der Waals surface area contributed by atoms with E-state index in [1.54, 1.807) is 20.2 Å². The first kappa shape index (κ1) is 12.3. The first-order chi connectivity index (χ1) is 8.29. The van der Waals surface area contributed by atoms with Crippen LogP contribution in [0, 0.1) is 6.92 Å². The Morgan fingerprint density at radius 1 is 1.33 bits per heavy atom. The van der Waals surface area contributed by atoms with Crippen molar-refractivity contribution in [3.8, 4) is 5.69 Å². The van der Waals surface area contributed by atoms with Gasteiger partial charge in [-0.3, -0.25) is 9.48 Å². The smallest absolute Gasteiger partial charge is 0.282 e. The number of alkyl halides is 3. The molecule has 0 amide bonds. The van der Waals surface area contributed by atoms with E-state index in [4.69, 9.17) is 0 Å². The fourth-order valence-corrected chi connectivity index (χ4v) is 1.44. The van der Waals surface area contributed by atoms with E-state index < -0.39 is 17.7 Å². The summed E-state index contributed by atoms with van der Waals surface area (Å²) in [4.78, 5) is 10.9. The van der Waals surface area contributed by atoms with E-state index in [1.165, 1.54) is 4.68 Å². The molecule has 0 radical (unpaired) electrons. The second-order valence-electron chi connectivity index (χ2n) is 3.65. The van der Waals surface area contributed by atoms with E-state index >= 15 is 0 Å². The van der Waals surface area contributed by atoms with E-state index in [-0.39, 0.29) is 0 Å². The third-order valence-electron chi connectivity index (χ3n) is 2.22. The Labute approximate surface area is 99.0 Å². The minimum absolute atomic E-state index is 0.464. The number of aryl methyl sites for hydroxylation is 2. The van der Waals surface area contributed by atoms with Crippen LogP contribution >= 0.6 is 0 Å². The lowest BCUT2D eigenvalue weighted by Gasteiger charge is -2.00. The Bertz CT molecular complexity index is 598. The summed E-state index contributed by atoms with van der Waals surface area (Å²) in [6.45, 7) is 1.67. The Morgan fingerprint density at radius 3 is 2.50 bits per heavy atom. The minimum atomic E-state index is -4.95. The Hall–Kier alpha value is -2.19. The zero-order chi connectivity index (χ0) is 13.5. The molecule has 0 unspecified atom stereocenters.